The van der Waals surface area contributed by atoms with Gasteiger partial charge in [-0.3, -0.25) is 9.59 Å². The third kappa shape index (κ3) is 3.58. The summed E-state index contributed by atoms with van der Waals surface area (Å²) in [6.45, 7) is 4.50. The third-order valence-electron chi connectivity index (χ3n) is 6.51. The number of benzene rings is 2. The lowest BCUT2D eigenvalue weighted by molar-refractivity contribution is 0.0655. The Kier molecular flexibility index (Phi) is 4.97. The van der Waals surface area contributed by atoms with Gasteiger partial charge in [0.2, 0.25) is 0 Å². The molecule has 0 radical (unpaired) electrons. The van der Waals surface area contributed by atoms with Crippen molar-refractivity contribution in [1.82, 2.24) is 9.88 Å². The van der Waals surface area contributed by atoms with E-state index in [4.69, 9.17) is 0 Å². The second-order valence-electron chi connectivity index (χ2n) is 8.89. The number of aromatic nitrogens is 1. The molecule has 0 saturated heterocycles. The van der Waals surface area contributed by atoms with Crippen LogP contribution in [0.15, 0.2) is 42.5 Å². The maximum atomic E-state index is 13.5. The Bertz CT molecular complexity index is 1170. The van der Waals surface area contributed by atoms with Crippen molar-refractivity contribution < 1.29 is 9.59 Å². The Morgan fingerprint density at radius 1 is 1.03 bits per heavy atom. The summed E-state index contributed by atoms with van der Waals surface area (Å²) >= 11 is 0. The summed E-state index contributed by atoms with van der Waals surface area (Å²) in [5, 5.41) is 3.87. The Labute approximate surface area is 182 Å². The second-order valence-corrected chi connectivity index (χ2v) is 8.89. The van der Waals surface area contributed by atoms with E-state index in [2.05, 4.69) is 16.4 Å². The maximum absolute atomic E-state index is 13.5. The van der Waals surface area contributed by atoms with E-state index in [0.29, 0.717) is 23.3 Å². The van der Waals surface area contributed by atoms with Gasteiger partial charge in [-0.2, -0.15) is 0 Å². The smallest absolute Gasteiger partial charge is 0.273 e. The van der Waals surface area contributed by atoms with Crippen LogP contribution in [-0.4, -0.2) is 27.7 Å². The van der Waals surface area contributed by atoms with E-state index in [-0.39, 0.29) is 17.9 Å². The minimum atomic E-state index is -0.182. The highest BCUT2D eigenvalue weighted by molar-refractivity contribution is 6.16. The molecule has 1 N–H and O–H groups in total. The van der Waals surface area contributed by atoms with Crippen molar-refractivity contribution in [3.8, 4) is 0 Å². The Morgan fingerprint density at radius 2 is 1.74 bits per heavy atom. The quantitative estimate of drug-likeness (QED) is 0.626. The molecule has 0 atom stereocenters. The molecule has 0 bridgehead atoms. The molecule has 2 heterocycles. The zero-order valence-electron chi connectivity index (χ0n) is 18.1. The number of hydrogen-bond donors (Lipinski definition) is 1. The zero-order valence-corrected chi connectivity index (χ0v) is 18.1. The van der Waals surface area contributed by atoms with E-state index >= 15 is 0 Å². The minimum Gasteiger partial charge on any atom is -0.330 e. The first kappa shape index (κ1) is 19.7. The number of nitrogens with zero attached hydrogens (tertiary/aromatic N) is 2. The molecule has 1 fully saturated rings. The van der Waals surface area contributed by atoms with E-state index < -0.39 is 0 Å². The SMILES string of the molecule is Cc1cc(C)cc(NC(=O)c2c3c(nc4ccccc24)C(=O)N(C2CCCCC2)C3)c1. The average Bonchev–Trinajstić information content (AvgIpc) is 3.08. The van der Waals surface area contributed by atoms with Crippen LogP contribution in [0, 0.1) is 13.8 Å². The fourth-order valence-corrected chi connectivity index (χ4v) is 5.15. The van der Waals surface area contributed by atoms with Gasteiger partial charge < -0.3 is 10.2 Å². The van der Waals surface area contributed by atoms with Crippen molar-refractivity contribution in [2.75, 3.05) is 5.32 Å². The number of amides is 2. The van der Waals surface area contributed by atoms with Crippen molar-refractivity contribution >= 4 is 28.4 Å². The first-order chi connectivity index (χ1) is 15.0. The number of nitrogens with one attached hydrogen (secondary N) is 1. The van der Waals surface area contributed by atoms with Gasteiger partial charge in [-0.1, -0.05) is 43.5 Å². The van der Waals surface area contributed by atoms with Crippen LogP contribution in [0.5, 0.6) is 0 Å². The average molecular weight is 414 g/mol. The molecule has 5 heteroatoms. The van der Waals surface area contributed by atoms with Gasteiger partial charge in [-0.25, -0.2) is 4.98 Å². The van der Waals surface area contributed by atoms with Gasteiger partial charge in [0.25, 0.3) is 11.8 Å². The van der Waals surface area contributed by atoms with Gasteiger partial charge in [0.05, 0.1) is 11.1 Å². The van der Waals surface area contributed by atoms with Gasteiger partial charge in [-0.05, 0) is 56.0 Å². The summed E-state index contributed by atoms with van der Waals surface area (Å²) in [4.78, 5) is 33.5. The Balaban J connectivity index is 1.58. The Morgan fingerprint density at radius 3 is 2.48 bits per heavy atom. The largest absolute Gasteiger partial charge is 0.330 e. The molecule has 0 unspecified atom stereocenters. The van der Waals surface area contributed by atoms with Crippen LogP contribution < -0.4 is 5.32 Å². The van der Waals surface area contributed by atoms with Crippen LogP contribution in [0.25, 0.3) is 10.9 Å². The number of rotatable bonds is 3. The molecule has 2 aliphatic rings. The van der Waals surface area contributed by atoms with Gasteiger partial charge in [-0.15, -0.1) is 0 Å². The summed E-state index contributed by atoms with van der Waals surface area (Å²) < 4.78 is 0. The molecular formula is C26H27N3O2. The molecule has 1 aromatic heterocycles. The summed E-state index contributed by atoms with van der Waals surface area (Å²) in [7, 11) is 0. The van der Waals surface area contributed by atoms with E-state index in [1.807, 2.05) is 55.1 Å². The third-order valence-corrected chi connectivity index (χ3v) is 6.51. The van der Waals surface area contributed by atoms with Crippen LogP contribution >= 0.6 is 0 Å². The van der Waals surface area contributed by atoms with E-state index in [9.17, 15) is 9.59 Å². The van der Waals surface area contributed by atoms with Crippen molar-refractivity contribution in [2.45, 2.75) is 58.5 Å². The molecule has 1 aliphatic carbocycles. The number of carbonyl (C=O) groups excluding carboxylic acids is 2. The highest BCUT2D eigenvalue weighted by Gasteiger charge is 2.38. The number of anilines is 1. The molecule has 5 nitrogen and oxygen atoms in total. The van der Waals surface area contributed by atoms with Gasteiger partial charge in [0.1, 0.15) is 5.69 Å². The topological polar surface area (TPSA) is 62.3 Å². The lowest BCUT2D eigenvalue weighted by Crippen LogP contribution is -2.37. The summed E-state index contributed by atoms with van der Waals surface area (Å²) in [5.74, 6) is -0.216. The van der Waals surface area contributed by atoms with Gasteiger partial charge in [0, 0.05) is 29.2 Å². The number of fused-ring (bicyclic) bond motifs is 2. The number of aryl methyl sites for hydroxylation is 2. The molecule has 158 valence electrons. The van der Waals surface area contributed by atoms with Crippen molar-refractivity contribution in [2.24, 2.45) is 0 Å². The number of para-hydroxylation sites is 1. The molecular weight excluding hydrogens is 386 g/mol. The van der Waals surface area contributed by atoms with Crippen LogP contribution in [0.3, 0.4) is 0 Å². The molecule has 3 aromatic rings. The standard InChI is InChI=1S/C26H27N3O2/c1-16-12-17(2)14-18(13-16)27-25(30)23-20-10-6-7-11-22(20)28-24-21(23)15-29(26(24)31)19-8-4-3-5-9-19/h6-7,10-14,19H,3-5,8-9,15H2,1-2H3,(H,27,30). The highest BCUT2D eigenvalue weighted by atomic mass is 16.2. The lowest BCUT2D eigenvalue weighted by atomic mass is 9.94. The summed E-state index contributed by atoms with van der Waals surface area (Å²) in [6, 6.07) is 13.9. The maximum Gasteiger partial charge on any atom is 0.273 e. The number of pyridine rings is 1. The van der Waals surface area contributed by atoms with Crippen molar-refractivity contribution in [3.05, 3.63) is 70.4 Å². The first-order valence-electron chi connectivity index (χ1n) is 11.1. The molecule has 1 aliphatic heterocycles. The lowest BCUT2D eigenvalue weighted by Gasteiger charge is -2.30. The van der Waals surface area contributed by atoms with E-state index in [1.165, 1.54) is 6.42 Å². The van der Waals surface area contributed by atoms with E-state index in [0.717, 1.165) is 53.4 Å². The van der Waals surface area contributed by atoms with Crippen LogP contribution in [-0.2, 0) is 6.54 Å². The predicted molar refractivity (Wildman–Crippen MR) is 122 cm³/mol. The van der Waals surface area contributed by atoms with Crippen molar-refractivity contribution in [1.29, 1.82) is 0 Å². The van der Waals surface area contributed by atoms with Crippen LogP contribution in [0.2, 0.25) is 0 Å². The highest BCUT2D eigenvalue weighted by Crippen LogP contribution is 2.35. The molecule has 5 rings (SSSR count). The Hall–Kier alpha value is -3.21. The number of carbonyl (C=O) groups is 2. The summed E-state index contributed by atoms with van der Waals surface area (Å²) in [6.07, 6.45) is 5.60. The molecule has 0 spiro atoms. The van der Waals surface area contributed by atoms with Crippen LogP contribution in [0.1, 0.15) is 69.6 Å². The fourth-order valence-electron chi connectivity index (χ4n) is 5.15. The summed E-state index contributed by atoms with van der Waals surface area (Å²) in [5.41, 5.74) is 5.42. The zero-order chi connectivity index (χ0) is 21.5. The number of hydrogen-bond acceptors (Lipinski definition) is 3. The monoisotopic (exact) mass is 413 g/mol. The minimum absolute atomic E-state index is 0.0342. The fraction of sp³-hybridized carbons (Fsp3) is 0.346. The molecule has 2 aromatic carbocycles. The second kappa shape index (κ2) is 7.80. The van der Waals surface area contributed by atoms with Crippen molar-refractivity contribution in [3.63, 3.8) is 0 Å². The predicted octanol–water partition coefficient (Wildman–Crippen LogP) is 5.39. The normalized spacial score (nSPS) is 16.6. The van der Waals surface area contributed by atoms with Gasteiger partial charge in [0.15, 0.2) is 0 Å². The first-order valence-corrected chi connectivity index (χ1v) is 11.1. The van der Waals surface area contributed by atoms with Gasteiger partial charge >= 0.3 is 0 Å². The van der Waals surface area contributed by atoms with Crippen LogP contribution in [0.4, 0.5) is 5.69 Å². The molecule has 1 saturated carbocycles. The van der Waals surface area contributed by atoms with E-state index in [1.54, 1.807) is 0 Å². The molecule has 2 amide bonds. The molecule has 31 heavy (non-hydrogen) atoms.